The third-order valence-corrected chi connectivity index (χ3v) is 8.19. The highest BCUT2D eigenvalue weighted by Crippen LogP contribution is 2.36. The van der Waals surface area contributed by atoms with E-state index in [0.29, 0.717) is 32.3 Å². The van der Waals surface area contributed by atoms with Crippen molar-refractivity contribution in [2.24, 2.45) is 5.92 Å². The second kappa shape index (κ2) is 10.0. The molecule has 1 aliphatic heterocycles. The lowest BCUT2D eigenvalue weighted by atomic mass is 10.0. The zero-order chi connectivity index (χ0) is 19.9. The fraction of sp³-hybridized carbons (Fsp3) is 0.714. The Labute approximate surface area is 165 Å². The largest absolute Gasteiger partial charge is 0.500 e. The molecule has 0 spiro atoms. The zero-order valence-corrected chi connectivity index (χ0v) is 18.8. The van der Waals surface area contributed by atoms with Crippen LogP contribution in [-0.2, 0) is 31.0 Å². The van der Waals surface area contributed by atoms with Crippen LogP contribution in [0.4, 0.5) is 0 Å². The smallest absolute Gasteiger partial charge is 0.462 e. The van der Waals surface area contributed by atoms with Gasteiger partial charge in [-0.1, -0.05) is 19.9 Å². The Bertz CT molecular complexity index is 575. The van der Waals surface area contributed by atoms with Gasteiger partial charge >= 0.3 is 8.80 Å². The Morgan fingerprint density at radius 1 is 1.07 bits per heavy atom. The van der Waals surface area contributed by atoms with Gasteiger partial charge in [-0.3, -0.25) is 0 Å². The van der Waals surface area contributed by atoms with E-state index in [4.69, 9.17) is 22.8 Å². The standard InChI is InChI=1S/C21H36O5Si/c1-7-23-27(24-8-2,25-9-3)14-10-11-18-12-13-20-19(15-18)16-22-21(6,26-20)17(4)5/h12-13,15,17H,7-11,14,16H2,1-6H3. The van der Waals surface area contributed by atoms with Gasteiger partial charge in [-0.25, -0.2) is 0 Å². The molecule has 0 bridgehead atoms. The van der Waals surface area contributed by atoms with E-state index in [2.05, 4.69) is 32.0 Å². The van der Waals surface area contributed by atoms with Crippen LogP contribution in [0.3, 0.4) is 0 Å². The van der Waals surface area contributed by atoms with Crippen LogP contribution >= 0.6 is 0 Å². The topological polar surface area (TPSA) is 46.2 Å². The molecule has 1 unspecified atom stereocenters. The fourth-order valence-corrected chi connectivity index (χ4v) is 5.88. The number of fused-ring (bicyclic) bond motifs is 1. The Hall–Kier alpha value is -0.923. The normalized spacial score (nSPS) is 19.8. The molecule has 0 saturated carbocycles. The van der Waals surface area contributed by atoms with Crippen LogP contribution in [0.15, 0.2) is 18.2 Å². The molecular weight excluding hydrogens is 360 g/mol. The van der Waals surface area contributed by atoms with Crippen LogP contribution in [0.25, 0.3) is 0 Å². The minimum atomic E-state index is -2.56. The highest BCUT2D eigenvalue weighted by atomic mass is 28.4. The molecule has 0 fully saturated rings. The summed E-state index contributed by atoms with van der Waals surface area (Å²) in [7, 11) is -2.56. The van der Waals surface area contributed by atoms with Gasteiger partial charge in [-0.15, -0.1) is 0 Å². The van der Waals surface area contributed by atoms with Crippen molar-refractivity contribution in [1.82, 2.24) is 0 Å². The summed E-state index contributed by atoms with van der Waals surface area (Å²) in [4.78, 5) is 0. The van der Waals surface area contributed by atoms with Crippen molar-refractivity contribution in [3.63, 3.8) is 0 Å². The summed E-state index contributed by atoms with van der Waals surface area (Å²) in [6, 6.07) is 7.25. The Balaban J connectivity index is 1.98. The van der Waals surface area contributed by atoms with Crippen LogP contribution in [0.5, 0.6) is 5.75 Å². The molecule has 154 valence electrons. The summed E-state index contributed by atoms with van der Waals surface area (Å²) in [5.74, 6) is 0.675. The average Bonchev–Trinajstić information content (AvgIpc) is 2.62. The van der Waals surface area contributed by atoms with Crippen molar-refractivity contribution < 1.29 is 22.8 Å². The number of rotatable bonds is 11. The molecule has 1 aromatic rings. The molecule has 1 atom stereocenters. The Kier molecular flexibility index (Phi) is 8.31. The van der Waals surface area contributed by atoms with Gasteiger partial charge in [0.05, 0.1) is 6.61 Å². The average molecular weight is 397 g/mol. The monoisotopic (exact) mass is 396 g/mol. The maximum Gasteiger partial charge on any atom is 0.500 e. The van der Waals surface area contributed by atoms with E-state index in [1.807, 2.05) is 27.7 Å². The minimum absolute atomic E-state index is 0.291. The van der Waals surface area contributed by atoms with Crippen molar-refractivity contribution in [2.45, 2.75) is 72.8 Å². The lowest BCUT2D eigenvalue weighted by Crippen LogP contribution is -2.46. The first-order chi connectivity index (χ1) is 12.9. The molecule has 0 N–H and O–H groups in total. The SMILES string of the molecule is CCO[Si](CCCc1ccc2c(c1)COC(C)(C(C)C)O2)(OCC)OCC. The number of hydrogen-bond donors (Lipinski definition) is 0. The molecule has 27 heavy (non-hydrogen) atoms. The van der Waals surface area contributed by atoms with Crippen molar-refractivity contribution >= 4 is 8.80 Å². The van der Waals surface area contributed by atoms with Gasteiger partial charge in [-0.2, -0.15) is 0 Å². The molecule has 6 heteroatoms. The van der Waals surface area contributed by atoms with Crippen molar-refractivity contribution in [1.29, 1.82) is 0 Å². The first kappa shape index (κ1) is 22.4. The molecule has 0 amide bonds. The molecule has 1 heterocycles. The first-order valence-corrected chi connectivity index (χ1v) is 12.2. The van der Waals surface area contributed by atoms with Gasteiger partial charge in [0.2, 0.25) is 5.79 Å². The van der Waals surface area contributed by atoms with E-state index >= 15 is 0 Å². The van der Waals surface area contributed by atoms with Crippen molar-refractivity contribution in [2.75, 3.05) is 19.8 Å². The first-order valence-electron chi connectivity index (χ1n) is 10.2. The lowest BCUT2D eigenvalue weighted by Gasteiger charge is -2.38. The van der Waals surface area contributed by atoms with Crippen LogP contribution in [-0.4, -0.2) is 34.4 Å². The molecule has 0 saturated heterocycles. The highest BCUT2D eigenvalue weighted by Gasteiger charge is 2.39. The van der Waals surface area contributed by atoms with Crippen LogP contribution < -0.4 is 4.74 Å². The molecule has 0 aromatic heterocycles. The van der Waals surface area contributed by atoms with Crippen LogP contribution in [0, 0.1) is 5.92 Å². The maximum absolute atomic E-state index is 6.12. The third-order valence-electron chi connectivity index (χ3n) is 5.04. The second-order valence-electron chi connectivity index (χ2n) is 7.34. The number of aryl methyl sites for hydroxylation is 1. The van der Waals surface area contributed by atoms with E-state index in [1.54, 1.807) is 0 Å². The highest BCUT2D eigenvalue weighted by molar-refractivity contribution is 6.60. The summed E-state index contributed by atoms with van der Waals surface area (Å²) in [6.45, 7) is 14.7. The molecule has 5 nitrogen and oxygen atoms in total. The van der Waals surface area contributed by atoms with Gasteiger partial charge in [-0.05, 0) is 51.3 Å². The molecule has 2 rings (SSSR count). The fourth-order valence-electron chi connectivity index (χ4n) is 3.26. The van der Waals surface area contributed by atoms with Crippen molar-refractivity contribution in [3.8, 4) is 5.75 Å². The summed E-state index contributed by atoms with van der Waals surface area (Å²) >= 11 is 0. The van der Waals surface area contributed by atoms with E-state index in [0.717, 1.165) is 30.2 Å². The van der Waals surface area contributed by atoms with Gasteiger partial charge in [0.1, 0.15) is 5.75 Å². The zero-order valence-electron chi connectivity index (χ0n) is 17.8. The predicted octanol–water partition coefficient (Wildman–Crippen LogP) is 4.95. The molecule has 0 aliphatic carbocycles. The Morgan fingerprint density at radius 2 is 1.70 bits per heavy atom. The van der Waals surface area contributed by atoms with E-state index in [1.165, 1.54) is 5.56 Å². The number of hydrogen-bond acceptors (Lipinski definition) is 5. The number of ether oxygens (including phenoxy) is 2. The van der Waals surface area contributed by atoms with Crippen LogP contribution in [0.2, 0.25) is 6.04 Å². The molecular formula is C21H36O5Si. The van der Waals surface area contributed by atoms with E-state index < -0.39 is 14.6 Å². The lowest BCUT2D eigenvalue weighted by molar-refractivity contribution is -0.219. The Morgan fingerprint density at radius 3 is 2.26 bits per heavy atom. The van der Waals surface area contributed by atoms with Gasteiger partial charge in [0.25, 0.3) is 0 Å². The molecule has 1 aliphatic rings. The summed E-state index contributed by atoms with van der Waals surface area (Å²) in [5.41, 5.74) is 2.40. The minimum Gasteiger partial charge on any atom is -0.462 e. The second-order valence-corrected chi connectivity index (χ2v) is 10.1. The van der Waals surface area contributed by atoms with Gasteiger partial charge in [0, 0.05) is 44.3 Å². The molecule has 0 radical (unpaired) electrons. The maximum atomic E-state index is 6.12. The predicted molar refractivity (Wildman–Crippen MR) is 109 cm³/mol. The quantitative estimate of drug-likeness (QED) is 0.495. The number of benzene rings is 1. The van der Waals surface area contributed by atoms with Crippen molar-refractivity contribution in [3.05, 3.63) is 29.3 Å². The van der Waals surface area contributed by atoms with Crippen LogP contribution in [0.1, 0.15) is 59.1 Å². The summed E-state index contributed by atoms with van der Waals surface area (Å²) in [6.07, 6.45) is 1.92. The van der Waals surface area contributed by atoms with Gasteiger partial charge in [0.15, 0.2) is 0 Å². The third kappa shape index (κ3) is 5.78. The summed E-state index contributed by atoms with van der Waals surface area (Å²) < 4.78 is 29.9. The van der Waals surface area contributed by atoms with E-state index in [9.17, 15) is 0 Å². The summed E-state index contributed by atoms with van der Waals surface area (Å²) in [5, 5.41) is 0. The van der Waals surface area contributed by atoms with Gasteiger partial charge < -0.3 is 22.8 Å². The molecule has 1 aromatic carbocycles. The van der Waals surface area contributed by atoms with E-state index in [-0.39, 0.29) is 0 Å².